The van der Waals surface area contributed by atoms with Gasteiger partial charge < -0.3 is 25.5 Å². The third-order valence-electron chi connectivity index (χ3n) is 3.26. The number of nitrogens with zero attached hydrogens (tertiary/aromatic N) is 1. The normalized spacial score (nSPS) is 14.0. The first-order valence-electron chi connectivity index (χ1n) is 9.77. The first-order chi connectivity index (χ1) is 13.9. The molecule has 2 atom stereocenters. The molecule has 11 nitrogen and oxygen atoms in total. The highest BCUT2D eigenvalue weighted by molar-refractivity contribution is 7.47. The van der Waals surface area contributed by atoms with E-state index < -0.39 is 25.2 Å². The van der Waals surface area contributed by atoms with Gasteiger partial charge in [-0.3, -0.25) is 18.6 Å². The third-order valence-corrected chi connectivity index (χ3v) is 4.18. The number of oxime groups is 1. The molecular formula is C18H40N3O8P. The van der Waals surface area contributed by atoms with E-state index in [0.717, 1.165) is 7.11 Å². The Labute approximate surface area is 180 Å². The Morgan fingerprint density at radius 2 is 1.67 bits per heavy atom. The molecule has 0 aromatic rings. The van der Waals surface area contributed by atoms with E-state index in [9.17, 15) is 24.2 Å². The topological polar surface area (TPSA) is 156 Å². The van der Waals surface area contributed by atoms with Crippen LogP contribution in [0.25, 0.3) is 0 Å². The van der Waals surface area contributed by atoms with E-state index in [0.29, 0.717) is 5.71 Å². The summed E-state index contributed by atoms with van der Waals surface area (Å²) in [5.74, 6) is -1.04. The zero-order chi connectivity index (χ0) is 24.4. The van der Waals surface area contributed by atoms with Crippen LogP contribution in [0.2, 0.25) is 0 Å². The lowest BCUT2D eigenvalue weighted by Gasteiger charge is -2.29. The molecule has 4 N–H and O–H groups in total. The molecule has 0 rings (SSSR count). The van der Waals surface area contributed by atoms with Gasteiger partial charge in [0.1, 0.15) is 13.2 Å². The molecular weight excluding hydrogens is 417 g/mol. The highest BCUT2D eigenvalue weighted by Gasteiger charge is 2.36. The molecule has 0 bridgehead atoms. The molecule has 0 saturated heterocycles. The summed E-state index contributed by atoms with van der Waals surface area (Å²) in [6.45, 7) is 12.5. The monoisotopic (exact) mass is 457 g/mol. The van der Waals surface area contributed by atoms with Crippen LogP contribution in [-0.2, 0) is 28.0 Å². The second kappa shape index (κ2) is 18.3. The van der Waals surface area contributed by atoms with Crippen molar-refractivity contribution in [2.45, 2.75) is 61.0 Å². The van der Waals surface area contributed by atoms with Crippen LogP contribution in [0.5, 0.6) is 0 Å². The average Bonchev–Trinajstić information content (AvgIpc) is 2.73. The first kappa shape index (κ1) is 33.1. The number of aliphatic hydroxyl groups excluding tert-OH is 1. The molecule has 12 heteroatoms. The Bertz CT molecular complexity index is 556. The van der Waals surface area contributed by atoms with Gasteiger partial charge in [0.05, 0.1) is 18.9 Å². The van der Waals surface area contributed by atoms with E-state index >= 15 is 0 Å². The van der Waals surface area contributed by atoms with Gasteiger partial charge in [0.2, 0.25) is 11.8 Å². The number of nitrogens with one attached hydrogen (secondary N) is 2. The molecule has 0 aliphatic rings. The van der Waals surface area contributed by atoms with Gasteiger partial charge in [-0.2, -0.15) is 0 Å². The van der Waals surface area contributed by atoms with Crippen LogP contribution in [0.3, 0.4) is 0 Å². The Kier molecular flexibility index (Phi) is 20.2. The highest BCUT2D eigenvalue weighted by atomic mass is 31.2. The summed E-state index contributed by atoms with van der Waals surface area (Å²) in [5.41, 5.74) is -0.573. The molecule has 0 aliphatic heterocycles. The zero-order valence-corrected chi connectivity index (χ0v) is 20.5. The molecule has 0 heterocycles. The van der Waals surface area contributed by atoms with E-state index in [4.69, 9.17) is 4.52 Å². The lowest BCUT2D eigenvalue weighted by molar-refractivity contribution is -0.137. The van der Waals surface area contributed by atoms with Gasteiger partial charge in [-0.1, -0.05) is 46.7 Å². The summed E-state index contributed by atoms with van der Waals surface area (Å²) < 4.78 is 20.2. The molecule has 2 amide bonds. The van der Waals surface area contributed by atoms with Crippen molar-refractivity contribution in [3.63, 3.8) is 0 Å². The largest absolute Gasteiger partial charge is 0.471 e. The van der Waals surface area contributed by atoms with Crippen molar-refractivity contribution in [3.05, 3.63) is 0 Å². The van der Waals surface area contributed by atoms with Gasteiger partial charge in [0, 0.05) is 25.5 Å². The summed E-state index contributed by atoms with van der Waals surface area (Å²) in [5, 5.41) is 18.7. The van der Waals surface area contributed by atoms with Crippen molar-refractivity contribution >= 4 is 25.3 Å². The Morgan fingerprint density at radius 3 is 2.13 bits per heavy atom. The van der Waals surface area contributed by atoms with Crippen LogP contribution in [0.4, 0.5) is 0 Å². The quantitative estimate of drug-likeness (QED) is 0.196. The van der Waals surface area contributed by atoms with Crippen molar-refractivity contribution in [3.8, 4) is 0 Å². The highest BCUT2D eigenvalue weighted by Crippen LogP contribution is 2.43. The van der Waals surface area contributed by atoms with Crippen molar-refractivity contribution < 1.29 is 38.0 Å². The number of rotatable bonds is 12. The number of amides is 2. The van der Waals surface area contributed by atoms with Gasteiger partial charge in [0.25, 0.3) is 0 Å². The van der Waals surface area contributed by atoms with Crippen LogP contribution in [-0.4, -0.2) is 67.5 Å². The van der Waals surface area contributed by atoms with E-state index in [1.807, 2.05) is 27.7 Å². The summed E-state index contributed by atoms with van der Waals surface area (Å²) in [6.07, 6.45) is -1.51. The fourth-order valence-electron chi connectivity index (χ4n) is 1.63. The molecule has 0 aromatic heterocycles. The second-order valence-electron chi connectivity index (χ2n) is 6.14. The molecule has 30 heavy (non-hydrogen) atoms. The molecule has 0 radical (unpaired) electrons. The van der Waals surface area contributed by atoms with E-state index in [2.05, 4.69) is 25.2 Å². The summed E-state index contributed by atoms with van der Waals surface area (Å²) >= 11 is 0. The van der Waals surface area contributed by atoms with Crippen molar-refractivity contribution in [2.75, 3.05) is 33.9 Å². The zero-order valence-electron chi connectivity index (χ0n) is 19.6. The number of carbonyl (C=O) groups excluding carboxylic acids is 2. The number of phosphoric acid groups is 1. The van der Waals surface area contributed by atoms with Crippen LogP contribution in [0, 0.1) is 5.41 Å². The Balaban J connectivity index is -0.00000171. The lowest BCUT2D eigenvalue weighted by Crippen LogP contribution is -2.46. The third kappa shape index (κ3) is 16.3. The van der Waals surface area contributed by atoms with Crippen LogP contribution in [0.15, 0.2) is 5.16 Å². The van der Waals surface area contributed by atoms with Crippen molar-refractivity contribution in [2.24, 2.45) is 10.6 Å². The summed E-state index contributed by atoms with van der Waals surface area (Å²) in [6, 6.07) is 0. The predicted molar refractivity (Wildman–Crippen MR) is 116 cm³/mol. The molecule has 0 aliphatic carbocycles. The smallest absolute Gasteiger partial charge is 0.399 e. The number of carbonyl (C=O) groups is 2. The number of hydrogen-bond acceptors (Lipinski definition) is 8. The maximum Gasteiger partial charge on any atom is 0.471 e. The second-order valence-corrected chi connectivity index (χ2v) is 7.70. The molecule has 0 fully saturated rings. The van der Waals surface area contributed by atoms with Gasteiger partial charge >= 0.3 is 7.82 Å². The first-order valence-corrected chi connectivity index (χ1v) is 11.3. The van der Waals surface area contributed by atoms with Crippen LogP contribution in [0.1, 0.15) is 54.9 Å². The average molecular weight is 458 g/mol. The number of aliphatic hydroxyl groups is 1. The maximum absolute atomic E-state index is 12.0. The lowest BCUT2D eigenvalue weighted by atomic mass is 9.87. The molecule has 0 aromatic carbocycles. The number of hydrogen-bond donors (Lipinski definition) is 4. The van der Waals surface area contributed by atoms with Crippen molar-refractivity contribution in [1.82, 2.24) is 10.6 Å². The van der Waals surface area contributed by atoms with E-state index in [1.54, 1.807) is 6.92 Å². The van der Waals surface area contributed by atoms with Crippen molar-refractivity contribution in [1.29, 1.82) is 0 Å². The van der Waals surface area contributed by atoms with Gasteiger partial charge in [0.15, 0.2) is 0 Å². The van der Waals surface area contributed by atoms with E-state index in [1.165, 1.54) is 21.0 Å². The van der Waals surface area contributed by atoms with Gasteiger partial charge in [-0.15, -0.1) is 0 Å². The van der Waals surface area contributed by atoms with Gasteiger partial charge in [-0.05, 0) is 6.92 Å². The standard InChI is InChI=1S/C14H28N3O8P.2C2H6/c1-10(17-23-4)8-16-11(18)6-7-15-13(20)12(19)14(2,3)9-25-26(21,22)24-5;2*1-2/h12,19H,6-9H2,1-5H3,(H,15,20)(H,16,18)(H,21,22);2*1-2H3/b17-10+;;. The minimum Gasteiger partial charge on any atom is -0.399 e. The predicted octanol–water partition coefficient (Wildman–Crippen LogP) is 1.83. The Hall–Kier alpha value is -1.52. The maximum atomic E-state index is 12.0. The van der Waals surface area contributed by atoms with Crippen LogP contribution >= 0.6 is 7.82 Å². The molecule has 2 unspecified atom stereocenters. The fourth-order valence-corrected chi connectivity index (χ4v) is 2.23. The molecule has 0 saturated carbocycles. The summed E-state index contributed by atoms with van der Waals surface area (Å²) in [4.78, 5) is 37.4. The summed E-state index contributed by atoms with van der Waals surface area (Å²) in [7, 11) is -1.81. The minimum absolute atomic E-state index is 0.00513. The Morgan fingerprint density at radius 1 is 1.13 bits per heavy atom. The fraction of sp³-hybridized carbons (Fsp3) is 0.833. The number of phosphoric ester groups is 1. The molecule has 180 valence electrons. The minimum atomic E-state index is -4.21. The van der Waals surface area contributed by atoms with Gasteiger partial charge in [-0.25, -0.2) is 4.57 Å². The molecule has 0 spiro atoms. The van der Waals surface area contributed by atoms with E-state index in [-0.39, 0.29) is 32.0 Å². The SMILES string of the molecule is CC.CC.CO/N=C(\C)CNC(=O)CCNC(=O)C(O)C(C)(C)COP(=O)(O)OC. The van der Waals surface area contributed by atoms with Crippen LogP contribution < -0.4 is 10.6 Å².